The fourth-order valence-corrected chi connectivity index (χ4v) is 5.84. The molecule has 3 nitrogen and oxygen atoms in total. The number of ether oxygens (including phenoxy) is 1. The largest absolute Gasteiger partial charge is 0.459 e. The van der Waals surface area contributed by atoms with Crippen LogP contribution in [0.15, 0.2) is 48.6 Å². The topological polar surface area (TPSA) is 29.5 Å². The van der Waals surface area contributed by atoms with Gasteiger partial charge in [0.1, 0.15) is 5.60 Å². The van der Waals surface area contributed by atoms with Gasteiger partial charge >= 0.3 is 5.97 Å². The maximum absolute atomic E-state index is 12.6. The van der Waals surface area contributed by atoms with Gasteiger partial charge in [-0.05, 0) is 111 Å². The van der Waals surface area contributed by atoms with Crippen molar-refractivity contribution >= 4 is 5.97 Å². The molecule has 0 aliphatic carbocycles. The zero-order chi connectivity index (χ0) is 33.8. The van der Waals surface area contributed by atoms with Crippen LogP contribution in [0.5, 0.6) is 0 Å². The third-order valence-electron chi connectivity index (χ3n) is 8.94. The summed E-state index contributed by atoms with van der Waals surface area (Å²) >= 11 is 0. The van der Waals surface area contributed by atoms with Crippen molar-refractivity contribution in [2.24, 2.45) is 0 Å². The molecule has 0 fully saturated rings. The minimum Gasteiger partial charge on any atom is -0.459 e. The van der Waals surface area contributed by atoms with Crippen LogP contribution in [0.25, 0.3) is 0 Å². The van der Waals surface area contributed by atoms with E-state index in [1.165, 1.54) is 128 Å². The van der Waals surface area contributed by atoms with Crippen LogP contribution in [0.3, 0.4) is 0 Å². The molecule has 0 saturated carbocycles. The lowest BCUT2D eigenvalue weighted by molar-refractivity contribution is -0.160. The van der Waals surface area contributed by atoms with Gasteiger partial charge in [0.2, 0.25) is 0 Å². The lowest BCUT2D eigenvalue weighted by Crippen LogP contribution is -2.33. The zero-order valence-corrected chi connectivity index (χ0v) is 31.7. The molecule has 0 aromatic carbocycles. The van der Waals surface area contributed by atoms with Crippen molar-refractivity contribution in [2.75, 3.05) is 20.6 Å². The fraction of sp³-hybridized carbons (Fsp3) is 0.791. The van der Waals surface area contributed by atoms with E-state index in [9.17, 15) is 4.79 Å². The van der Waals surface area contributed by atoms with Gasteiger partial charge in [-0.25, -0.2) is 0 Å². The van der Waals surface area contributed by atoms with Gasteiger partial charge in [-0.3, -0.25) is 4.79 Å². The van der Waals surface area contributed by atoms with Gasteiger partial charge in [-0.15, -0.1) is 0 Å². The van der Waals surface area contributed by atoms with Crippen LogP contribution >= 0.6 is 0 Å². The maximum atomic E-state index is 12.6. The average Bonchev–Trinajstić information content (AvgIpc) is 3.03. The Morgan fingerprint density at radius 2 is 0.870 bits per heavy atom. The van der Waals surface area contributed by atoms with Crippen LogP contribution in [0.2, 0.25) is 0 Å². The molecule has 0 heterocycles. The Labute approximate surface area is 288 Å². The van der Waals surface area contributed by atoms with E-state index < -0.39 is 0 Å². The van der Waals surface area contributed by atoms with E-state index in [2.05, 4.69) is 74.3 Å². The Hall–Kier alpha value is -1.61. The number of nitrogens with zero attached hydrogens (tertiary/aromatic N) is 1. The molecule has 0 spiro atoms. The summed E-state index contributed by atoms with van der Waals surface area (Å²) < 4.78 is 6.15. The highest BCUT2D eigenvalue weighted by molar-refractivity contribution is 5.70. The standard InChI is InChI=1S/C43H79NO2/c1-6-8-10-12-14-16-18-20-22-24-26-28-30-32-34-36-39-43(3,46-42(45)38-41-44(4)5)40-37-35-33-31-29-27-25-23-21-19-17-15-13-11-9-7-2/h14-17,20-23H,6-13,18-19,24-41H2,1-5H3/b16-14-,17-15-,22-20-,23-21-. The van der Waals surface area contributed by atoms with E-state index >= 15 is 0 Å². The number of carbonyl (C=O) groups excluding carboxylic acids is 1. The highest BCUT2D eigenvalue weighted by Gasteiger charge is 2.27. The Balaban J connectivity index is 4.11. The molecule has 0 N–H and O–H groups in total. The molecule has 0 aromatic rings. The van der Waals surface area contributed by atoms with E-state index in [1.807, 2.05) is 14.1 Å². The van der Waals surface area contributed by atoms with Gasteiger partial charge in [0.25, 0.3) is 0 Å². The SMILES string of the molecule is CCCCC/C=C\C/C=C\CCCCCCCCC(C)(CCCCCCCC/C=C\C/C=C\CCCCC)OC(=O)CCN(C)C. The van der Waals surface area contributed by atoms with E-state index in [1.54, 1.807) is 0 Å². The van der Waals surface area contributed by atoms with Crippen molar-refractivity contribution in [3.63, 3.8) is 0 Å². The molecule has 0 bridgehead atoms. The van der Waals surface area contributed by atoms with Crippen LogP contribution in [0.1, 0.15) is 194 Å². The number of rotatable bonds is 34. The van der Waals surface area contributed by atoms with Gasteiger partial charge < -0.3 is 9.64 Å². The molecule has 0 radical (unpaired) electrons. The molecular weight excluding hydrogens is 562 g/mol. The normalized spacial score (nSPS) is 12.7. The Morgan fingerprint density at radius 3 is 1.24 bits per heavy atom. The minimum absolute atomic E-state index is 0.0312. The summed E-state index contributed by atoms with van der Waals surface area (Å²) in [4.78, 5) is 14.7. The first-order valence-electron chi connectivity index (χ1n) is 19.9. The van der Waals surface area contributed by atoms with Crippen molar-refractivity contribution in [3.8, 4) is 0 Å². The van der Waals surface area contributed by atoms with Crippen molar-refractivity contribution in [1.29, 1.82) is 0 Å². The molecule has 0 aromatic heterocycles. The van der Waals surface area contributed by atoms with Crippen LogP contribution in [-0.2, 0) is 9.53 Å². The summed E-state index contributed by atoms with van der Waals surface area (Å²) in [5.74, 6) is -0.0312. The van der Waals surface area contributed by atoms with Crippen LogP contribution in [0, 0.1) is 0 Å². The summed E-state index contributed by atoms with van der Waals surface area (Å²) in [6.07, 6.45) is 51.4. The zero-order valence-electron chi connectivity index (χ0n) is 31.7. The maximum Gasteiger partial charge on any atom is 0.307 e. The summed E-state index contributed by atoms with van der Waals surface area (Å²) in [6, 6.07) is 0. The monoisotopic (exact) mass is 642 g/mol. The first kappa shape index (κ1) is 44.4. The van der Waals surface area contributed by atoms with E-state index in [4.69, 9.17) is 4.74 Å². The van der Waals surface area contributed by atoms with Gasteiger partial charge in [0.15, 0.2) is 0 Å². The quantitative estimate of drug-likeness (QED) is 0.0398. The van der Waals surface area contributed by atoms with Crippen LogP contribution in [-0.4, -0.2) is 37.1 Å². The Bertz CT molecular complexity index is 715. The number of hydrogen-bond acceptors (Lipinski definition) is 3. The highest BCUT2D eigenvalue weighted by atomic mass is 16.6. The highest BCUT2D eigenvalue weighted by Crippen LogP contribution is 2.28. The predicted octanol–water partition coefficient (Wildman–Crippen LogP) is 13.6. The third-order valence-corrected chi connectivity index (χ3v) is 8.94. The molecule has 0 aliphatic rings. The van der Waals surface area contributed by atoms with E-state index in [0.29, 0.717) is 6.42 Å². The summed E-state index contributed by atoms with van der Waals surface area (Å²) in [5, 5.41) is 0. The molecule has 268 valence electrons. The van der Waals surface area contributed by atoms with Crippen molar-refractivity contribution in [3.05, 3.63) is 48.6 Å². The molecular formula is C43H79NO2. The third kappa shape index (κ3) is 33.7. The smallest absolute Gasteiger partial charge is 0.307 e. The second-order valence-corrected chi connectivity index (χ2v) is 14.1. The number of carbonyl (C=O) groups is 1. The first-order valence-corrected chi connectivity index (χ1v) is 19.9. The second-order valence-electron chi connectivity index (χ2n) is 14.1. The van der Waals surface area contributed by atoms with Crippen molar-refractivity contribution in [2.45, 2.75) is 200 Å². The molecule has 46 heavy (non-hydrogen) atoms. The van der Waals surface area contributed by atoms with Crippen molar-refractivity contribution < 1.29 is 9.53 Å². The summed E-state index contributed by atoms with van der Waals surface area (Å²) in [6.45, 7) is 7.47. The average molecular weight is 642 g/mol. The lowest BCUT2D eigenvalue weighted by Gasteiger charge is -2.30. The number of esters is 1. The molecule has 0 aliphatic heterocycles. The summed E-state index contributed by atoms with van der Waals surface area (Å²) in [5.41, 5.74) is -0.312. The fourth-order valence-electron chi connectivity index (χ4n) is 5.84. The minimum atomic E-state index is -0.312. The lowest BCUT2D eigenvalue weighted by atomic mass is 9.91. The molecule has 0 amide bonds. The number of hydrogen-bond donors (Lipinski definition) is 0. The molecule has 0 rings (SSSR count). The van der Waals surface area contributed by atoms with Gasteiger partial charge in [-0.1, -0.05) is 140 Å². The summed E-state index contributed by atoms with van der Waals surface area (Å²) in [7, 11) is 4.03. The van der Waals surface area contributed by atoms with Crippen LogP contribution < -0.4 is 0 Å². The number of unbranched alkanes of at least 4 members (excludes halogenated alkanes) is 18. The second kappa shape index (κ2) is 34.7. The number of allylic oxidation sites excluding steroid dienone is 8. The Kier molecular flexibility index (Phi) is 33.5. The van der Waals surface area contributed by atoms with Crippen molar-refractivity contribution in [1.82, 2.24) is 4.90 Å². The van der Waals surface area contributed by atoms with E-state index in [0.717, 1.165) is 45.1 Å². The van der Waals surface area contributed by atoms with E-state index in [-0.39, 0.29) is 11.6 Å². The molecule has 0 atom stereocenters. The molecule has 0 saturated heterocycles. The molecule has 3 heteroatoms. The van der Waals surface area contributed by atoms with Gasteiger partial charge in [0, 0.05) is 6.54 Å². The van der Waals surface area contributed by atoms with Gasteiger partial charge in [-0.2, -0.15) is 0 Å². The van der Waals surface area contributed by atoms with Crippen LogP contribution in [0.4, 0.5) is 0 Å². The predicted molar refractivity (Wildman–Crippen MR) is 206 cm³/mol. The molecule has 0 unspecified atom stereocenters. The van der Waals surface area contributed by atoms with Gasteiger partial charge in [0.05, 0.1) is 6.42 Å². The first-order chi connectivity index (χ1) is 22.4. The Morgan fingerprint density at radius 1 is 0.522 bits per heavy atom.